The molecule has 29 heavy (non-hydrogen) atoms. The summed E-state index contributed by atoms with van der Waals surface area (Å²) >= 11 is 0. The largest absolute Gasteiger partial charge is 0.315 e. The Morgan fingerprint density at radius 2 is 1.90 bits per heavy atom. The highest BCUT2D eigenvalue weighted by Gasteiger charge is 2.15. The molecule has 0 spiro atoms. The van der Waals surface area contributed by atoms with Crippen LogP contribution in [0, 0.1) is 36.7 Å². The van der Waals surface area contributed by atoms with Crippen LogP contribution in [0.1, 0.15) is 32.9 Å². The Hall–Kier alpha value is -3.81. The second-order valence-corrected chi connectivity index (χ2v) is 6.57. The lowest BCUT2D eigenvalue weighted by atomic mass is 10.1. The van der Waals surface area contributed by atoms with Crippen LogP contribution in [0.2, 0.25) is 0 Å². The number of rotatable bonds is 5. The molecule has 0 saturated heterocycles. The monoisotopic (exact) mass is 394 g/mol. The van der Waals surface area contributed by atoms with Crippen molar-refractivity contribution in [3.05, 3.63) is 92.5 Å². The Balaban J connectivity index is 1.80. The summed E-state index contributed by atoms with van der Waals surface area (Å²) in [6.07, 6.45) is 1.46. The van der Waals surface area contributed by atoms with Gasteiger partial charge in [0.2, 0.25) is 0 Å². The molecule has 1 heterocycles. The number of para-hydroxylation sites is 1. The maximum Gasteiger partial charge on any atom is 0.273 e. The van der Waals surface area contributed by atoms with Crippen molar-refractivity contribution in [1.82, 2.24) is 9.99 Å². The number of hydrazone groups is 1. The van der Waals surface area contributed by atoms with E-state index in [1.165, 1.54) is 30.5 Å². The molecule has 0 bridgehead atoms. The van der Waals surface area contributed by atoms with E-state index < -0.39 is 10.8 Å². The minimum absolute atomic E-state index is 0.130. The molecule has 3 rings (SSSR count). The molecule has 1 amide bonds. The predicted octanol–water partition coefficient (Wildman–Crippen LogP) is 4.21. The average molecular weight is 394 g/mol. The molecular formula is C21H19FN4O3. The SMILES string of the molecule is Cc1ccc(C(=O)N/N=C\c2cc(C)n(-c3ccccc3F)c2C)cc1[N+](=O)[O-]. The first-order valence-electron chi connectivity index (χ1n) is 8.82. The third kappa shape index (κ3) is 4.06. The van der Waals surface area contributed by atoms with Crippen LogP contribution >= 0.6 is 0 Å². The molecule has 148 valence electrons. The van der Waals surface area contributed by atoms with Gasteiger partial charge in [0.25, 0.3) is 11.6 Å². The second-order valence-electron chi connectivity index (χ2n) is 6.57. The summed E-state index contributed by atoms with van der Waals surface area (Å²) in [5, 5.41) is 15.0. The molecule has 0 unspecified atom stereocenters. The van der Waals surface area contributed by atoms with Crippen LogP contribution < -0.4 is 5.43 Å². The van der Waals surface area contributed by atoms with E-state index in [1.807, 2.05) is 19.9 Å². The Morgan fingerprint density at radius 1 is 1.17 bits per heavy atom. The Labute approximate surface area is 166 Å². The van der Waals surface area contributed by atoms with Gasteiger partial charge in [-0.25, -0.2) is 9.82 Å². The van der Waals surface area contributed by atoms with Gasteiger partial charge in [-0.1, -0.05) is 18.2 Å². The maximum atomic E-state index is 14.1. The van der Waals surface area contributed by atoms with E-state index in [1.54, 1.807) is 29.7 Å². The topological polar surface area (TPSA) is 89.5 Å². The Bertz CT molecular complexity index is 1130. The first kappa shape index (κ1) is 19.9. The fourth-order valence-electron chi connectivity index (χ4n) is 3.09. The highest BCUT2D eigenvalue weighted by molar-refractivity contribution is 5.95. The van der Waals surface area contributed by atoms with Gasteiger partial charge >= 0.3 is 0 Å². The molecule has 8 heteroatoms. The molecule has 2 aromatic carbocycles. The van der Waals surface area contributed by atoms with Gasteiger partial charge in [0.1, 0.15) is 5.82 Å². The minimum atomic E-state index is -0.563. The summed E-state index contributed by atoms with van der Waals surface area (Å²) in [7, 11) is 0. The molecule has 0 fully saturated rings. The van der Waals surface area contributed by atoms with E-state index in [4.69, 9.17) is 0 Å². The predicted molar refractivity (Wildman–Crippen MR) is 108 cm³/mol. The highest BCUT2D eigenvalue weighted by atomic mass is 19.1. The number of hydrogen-bond acceptors (Lipinski definition) is 4. The van der Waals surface area contributed by atoms with E-state index >= 15 is 0 Å². The lowest BCUT2D eigenvalue weighted by Gasteiger charge is -2.10. The number of amides is 1. The summed E-state index contributed by atoms with van der Waals surface area (Å²) in [4.78, 5) is 22.7. The Kier molecular flexibility index (Phi) is 5.54. The number of aromatic nitrogens is 1. The summed E-state index contributed by atoms with van der Waals surface area (Å²) in [5.41, 5.74) is 5.55. The molecule has 0 aliphatic rings. The van der Waals surface area contributed by atoms with Crippen molar-refractivity contribution in [2.75, 3.05) is 0 Å². The van der Waals surface area contributed by atoms with Crippen molar-refractivity contribution >= 4 is 17.8 Å². The summed E-state index contributed by atoms with van der Waals surface area (Å²) in [6, 6.07) is 12.5. The molecule has 7 nitrogen and oxygen atoms in total. The van der Waals surface area contributed by atoms with E-state index in [0.29, 0.717) is 16.8 Å². The van der Waals surface area contributed by atoms with E-state index in [0.717, 1.165) is 11.4 Å². The molecule has 3 aromatic rings. The highest BCUT2D eigenvalue weighted by Crippen LogP contribution is 2.22. The number of nitro benzene ring substituents is 1. The van der Waals surface area contributed by atoms with Crippen molar-refractivity contribution in [2.24, 2.45) is 5.10 Å². The molecule has 0 aliphatic carbocycles. The summed E-state index contributed by atoms with van der Waals surface area (Å²) in [6.45, 7) is 5.27. The van der Waals surface area contributed by atoms with Crippen LogP contribution in [0.5, 0.6) is 0 Å². The Morgan fingerprint density at radius 3 is 2.59 bits per heavy atom. The quantitative estimate of drug-likeness (QED) is 0.399. The zero-order valence-corrected chi connectivity index (χ0v) is 16.1. The molecule has 1 N–H and O–H groups in total. The standard InChI is InChI=1S/C21H19FN4O3/c1-13-8-9-16(11-20(13)26(28)29)21(27)24-23-12-17-10-14(2)25(15(17)3)19-7-5-4-6-18(19)22/h4-12H,1-3H3,(H,24,27)/b23-12-. The van der Waals surface area contributed by atoms with E-state index in [-0.39, 0.29) is 17.1 Å². The molecule has 0 atom stereocenters. The van der Waals surface area contributed by atoms with Gasteiger partial charge in [0.15, 0.2) is 0 Å². The van der Waals surface area contributed by atoms with Crippen LogP contribution in [0.15, 0.2) is 53.6 Å². The van der Waals surface area contributed by atoms with Crippen LogP contribution in [0.4, 0.5) is 10.1 Å². The van der Waals surface area contributed by atoms with Gasteiger partial charge in [-0.15, -0.1) is 0 Å². The zero-order chi connectivity index (χ0) is 21.1. The maximum absolute atomic E-state index is 14.1. The fourth-order valence-corrected chi connectivity index (χ4v) is 3.09. The normalized spacial score (nSPS) is 11.0. The second kappa shape index (κ2) is 8.05. The van der Waals surface area contributed by atoms with E-state index in [2.05, 4.69) is 10.5 Å². The first-order valence-corrected chi connectivity index (χ1v) is 8.82. The lowest BCUT2D eigenvalue weighted by molar-refractivity contribution is -0.385. The summed E-state index contributed by atoms with van der Waals surface area (Å²) in [5.74, 6) is -0.903. The van der Waals surface area contributed by atoms with Gasteiger partial charge in [-0.3, -0.25) is 14.9 Å². The van der Waals surface area contributed by atoms with Crippen LogP contribution in [0.25, 0.3) is 5.69 Å². The van der Waals surface area contributed by atoms with Crippen molar-refractivity contribution in [2.45, 2.75) is 20.8 Å². The zero-order valence-electron chi connectivity index (χ0n) is 16.1. The first-order chi connectivity index (χ1) is 13.8. The van der Waals surface area contributed by atoms with Crippen molar-refractivity contribution in [3.8, 4) is 5.69 Å². The number of nitro groups is 1. The van der Waals surface area contributed by atoms with E-state index in [9.17, 15) is 19.3 Å². The summed E-state index contributed by atoms with van der Waals surface area (Å²) < 4.78 is 15.9. The van der Waals surface area contributed by atoms with Crippen LogP contribution in [-0.2, 0) is 0 Å². The molecule has 0 saturated carbocycles. The third-order valence-corrected chi connectivity index (χ3v) is 4.60. The lowest BCUT2D eigenvalue weighted by Crippen LogP contribution is -2.18. The van der Waals surface area contributed by atoms with Gasteiger partial charge in [-0.05, 0) is 45.0 Å². The van der Waals surface area contributed by atoms with Gasteiger partial charge in [0, 0.05) is 34.1 Å². The molecular weight excluding hydrogens is 375 g/mol. The number of hydrogen-bond donors (Lipinski definition) is 1. The number of halogens is 1. The third-order valence-electron chi connectivity index (χ3n) is 4.60. The molecule has 1 aromatic heterocycles. The average Bonchev–Trinajstić information content (AvgIpc) is 2.96. The van der Waals surface area contributed by atoms with Crippen molar-refractivity contribution in [3.63, 3.8) is 0 Å². The van der Waals surface area contributed by atoms with Crippen molar-refractivity contribution < 1.29 is 14.1 Å². The van der Waals surface area contributed by atoms with Gasteiger partial charge in [0.05, 0.1) is 16.8 Å². The number of nitrogens with zero attached hydrogens (tertiary/aromatic N) is 3. The molecule has 0 aliphatic heterocycles. The number of benzene rings is 2. The number of nitrogens with one attached hydrogen (secondary N) is 1. The number of carbonyl (C=O) groups is 1. The van der Waals surface area contributed by atoms with Gasteiger partial charge < -0.3 is 4.57 Å². The molecule has 0 radical (unpaired) electrons. The minimum Gasteiger partial charge on any atom is -0.315 e. The fraction of sp³-hybridized carbons (Fsp3) is 0.143. The number of carbonyl (C=O) groups excluding carboxylic acids is 1. The smallest absolute Gasteiger partial charge is 0.273 e. The van der Waals surface area contributed by atoms with Gasteiger partial charge in [-0.2, -0.15) is 5.10 Å². The van der Waals surface area contributed by atoms with Crippen LogP contribution in [0.3, 0.4) is 0 Å². The van der Waals surface area contributed by atoms with Crippen LogP contribution in [-0.4, -0.2) is 21.6 Å². The van der Waals surface area contributed by atoms with Crippen molar-refractivity contribution in [1.29, 1.82) is 0 Å². The number of aryl methyl sites for hydroxylation is 2.